The van der Waals surface area contributed by atoms with Crippen LogP contribution in [0.25, 0.3) is 0 Å². The summed E-state index contributed by atoms with van der Waals surface area (Å²) in [5, 5.41) is 2.56. The fraction of sp³-hybridized carbons (Fsp3) is 0.450. The minimum absolute atomic E-state index is 0.123. The number of imide groups is 2. The smallest absolute Gasteiger partial charge is 0.325 e. The predicted octanol–water partition coefficient (Wildman–Crippen LogP) is 2.20. The summed E-state index contributed by atoms with van der Waals surface area (Å²) in [6.45, 7) is 2.83. The van der Waals surface area contributed by atoms with Crippen LogP contribution in [0.15, 0.2) is 24.3 Å². The largest absolute Gasteiger partial charge is 0.334 e. The van der Waals surface area contributed by atoms with E-state index < -0.39 is 30.3 Å². The zero-order valence-electron chi connectivity index (χ0n) is 15.9. The molecular formula is C20H23N3O5. The first-order valence-corrected chi connectivity index (χ1v) is 9.39. The van der Waals surface area contributed by atoms with Crippen LogP contribution in [0.4, 0.5) is 10.5 Å². The molecule has 0 bridgehead atoms. The van der Waals surface area contributed by atoms with E-state index in [-0.39, 0.29) is 17.7 Å². The Hall–Kier alpha value is -3.03. The molecule has 5 amide bonds. The van der Waals surface area contributed by atoms with Crippen molar-refractivity contribution in [3.05, 3.63) is 29.8 Å². The standard InChI is InChI=1S/C20H23N3O5/c1-12-6-3-4-9-16(12)23-19(27)18(26)22(20(23)28)11-17(25)21-15-8-5-7-14(10-15)13(2)24/h5,7-8,10,12,16H,3-4,6,9,11H2,1-2H3,(H,21,25)/t12-,16+/m1/s1. The summed E-state index contributed by atoms with van der Waals surface area (Å²) in [7, 11) is 0. The zero-order valence-corrected chi connectivity index (χ0v) is 15.9. The first-order valence-electron chi connectivity index (χ1n) is 9.39. The highest BCUT2D eigenvalue weighted by Gasteiger charge is 2.49. The molecule has 8 nitrogen and oxygen atoms in total. The van der Waals surface area contributed by atoms with E-state index in [4.69, 9.17) is 0 Å². The van der Waals surface area contributed by atoms with Gasteiger partial charge in [0.2, 0.25) is 5.91 Å². The van der Waals surface area contributed by atoms with Gasteiger partial charge in [0.25, 0.3) is 0 Å². The second kappa shape index (κ2) is 7.92. The third-order valence-electron chi connectivity index (χ3n) is 5.34. The van der Waals surface area contributed by atoms with E-state index in [0.717, 1.165) is 24.2 Å². The molecule has 1 heterocycles. The number of nitrogens with one attached hydrogen (secondary N) is 1. The highest BCUT2D eigenvalue weighted by atomic mass is 16.2. The van der Waals surface area contributed by atoms with Gasteiger partial charge in [-0.3, -0.25) is 24.1 Å². The van der Waals surface area contributed by atoms with Crippen LogP contribution in [0.5, 0.6) is 0 Å². The average Bonchev–Trinajstić information content (AvgIpc) is 2.86. The summed E-state index contributed by atoms with van der Waals surface area (Å²) in [5.41, 5.74) is 0.805. The molecule has 2 atom stereocenters. The first kappa shape index (κ1) is 19.7. The molecule has 8 heteroatoms. The van der Waals surface area contributed by atoms with Crippen LogP contribution in [-0.2, 0) is 14.4 Å². The molecule has 1 aromatic rings. The average molecular weight is 385 g/mol. The van der Waals surface area contributed by atoms with E-state index >= 15 is 0 Å². The van der Waals surface area contributed by atoms with Crippen LogP contribution in [0.2, 0.25) is 0 Å². The second-order valence-electron chi connectivity index (χ2n) is 7.36. The summed E-state index contributed by atoms with van der Waals surface area (Å²) < 4.78 is 0. The Bertz CT molecular complexity index is 850. The van der Waals surface area contributed by atoms with Gasteiger partial charge in [-0.2, -0.15) is 0 Å². The molecule has 1 saturated carbocycles. The minimum atomic E-state index is -0.976. The number of hydrogen-bond acceptors (Lipinski definition) is 5. The molecule has 0 unspecified atom stereocenters. The monoisotopic (exact) mass is 385 g/mol. The zero-order chi connectivity index (χ0) is 20.4. The van der Waals surface area contributed by atoms with E-state index in [0.29, 0.717) is 22.6 Å². The quantitative estimate of drug-likeness (QED) is 0.475. The molecule has 148 valence electrons. The molecule has 1 saturated heterocycles. The molecule has 28 heavy (non-hydrogen) atoms. The lowest BCUT2D eigenvalue weighted by molar-refractivity contribution is -0.145. The van der Waals surface area contributed by atoms with Gasteiger partial charge in [0.1, 0.15) is 6.54 Å². The summed E-state index contributed by atoms with van der Waals surface area (Å²) in [4.78, 5) is 62.8. The topological polar surface area (TPSA) is 104 Å². The van der Waals surface area contributed by atoms with Crippen molar-refractivity contribution in [3.63, 3.8) is 0 Å². The minimum Gasteiger partial charge on any atom is -0.325 e. The van der Waals surface area contributed by atoms with Gasteiger partial charge in [-0.1, -0.05) is 31.9 Å². The summed E-state index contributed by atoms with van der Waals surface area (Å²) >= 11 is 0. The number of anilines is 1. The molecule has 2 aliphatic rings. The maximum absolute atomic E-state index is 12.7. The lowest BCUT2D eigenvalue weighted by Crippen LogP contribution is -2.46. The highest BCUT2D eigenvalue weighted by Crippen LogP contribution is 2.31. The van der Waals surface area contributed by atoms with E-state index in [2.05, 4.69) is 5.32 Å². The third-order valence-corrected chi connectivity index (χ3v) is 5.34. The van der Waals surface area contributed by atoms with E-state index in [9.17, 15) is 24.0 Å². The normalized spacial score (nSPS) is 22.6. The van der Waals surface area contributed by atoms with Gasteiger partial charge >= 0.3 is 17.8 Å². The fourth-order valence-electron chi connectivity index (χ4n) is 3.79. The Labute approximate surface area is 162 Å². The molecule has 0 aromatic heterocycles. The first-order chi connectivity index (χ1) is 13.3. The Morgan fingerprint density at radius 3 is 2.50 bits per heavy atom. The molecule has 1 aromatic carbocycles. The third kappa shape index (κ3) is 3.81. The van der Waals surface area contributed by atoms with Gasteiger partial charge in [-0.25, -0.2) is 9.69 Å². The number of carbonyl (C=O) groups is 5. The van der Waals surface area contributed by atoms with Gasteiger partial charge in [-0.05, 0) is 37.8 Å². The Morgan fingerprint density at radius 1 is 1.11 bits per heavy atom. The molecule has 0 spiro atoms. The van der Waals surface area contributed by atoms with Crippen LogP contribution < -0.4 is 5.32 Å². The number of hydrogen-bond donors (Lipinski definition) is 1. The van der Waals surface area contributed by atoms with Gasteiger partial charge in [-0.15, -0.1) is 0 Å². The fourth-order valence-corrected chi connectivity index (χ4v) is 3.79. The van der Waals surface area contributed by atoms with E-state index in [1.807, 2.05) is 6.92 Å². The van der Waals surface area contributed by atoms with Crippen LogP contribution in [0, 0.1) is 5.92 Å². The molecule has 3 rings (SSSR count). The summed E-state index contributed by atoms with van der Waals surface area (Å²) in [6, 6.07) is 5.30. The lowest BCUT2D eigenvalue weighted by atomic mass is 9.85. The van der Waals surface area contributed by atoms with Crippen molar-refractivity contribution < 1.29 is 24.0 Å². The van der Waals surface area contributed by atoms with Crippen molar-refractivity contribution in [1.82, 2.24) is 9.80 Å². The summed E-state index contributed by atoms with van der Waals surface area (Å²) in [6.07, 6.45) is 3.49. The van der Waals surface area contributed by atoms with E-state index in [1.54, 1.807) is 18.2 Å². The van der Waals surface area contributed by atoms with Crippen molar-refractivity contribution in [2.45, 2.75) is 45.6 Å². The van der Waals surface area contributed by atoms with Crippen molar-refractivity contribution in [1.29, 1.82) is 0 Å². The van der Waals surface area contributed by atoms with Gasteiger partial charge in [0.15, 0.2) is 5.78 Å². The maximum atomic E-state index is 12.7. The number of rotatable bonds is 5. The van der Waals surface area contributed by atoms with Crippen molar-refractivity contribution >= 4 is 35.2 Å². The molecule has 1 aliphatic carbocycles. The Kier molecular flexibility index (Phi) is 5.58. The van der Waals surface area contributed by atoms with Gasteiger partial charge in [0, 0.05) is 17.3 Å². The van der Waals surface area contributed by atoms with Crippen molar-refractivity contribution in [3.8, 4) is 0 Å². The van der Waals surface area contributed by atoms with Crippen molar-refractivity contribution in [2.24, 2.45) is 5.92 Å². The number of Topliss-reactive ketones (excluding diaryl/α,β-unsaturated/α-hetero) is 1. The van der Waals surface area contributed by atoms with Crippen LogP contribution in [0.3, 0.4) is 0 Å². The number of urea groups is 1. The van der Waals surface area contributed by atoms with Crippen molar-refractivity contribution in [2.75, 3.05) is 11.9 Å². The second-order valence-corrected chi connectivity index (χ2v) is 7.36. The summed E-state index contributed by atoms with van der Waals surface area (Å²) in [5.74, 6) is -2.49. The molecular weight excluding hydrogens is 362 g/mol. The van der Waals surface area contributed by atoms with Crippen LogP contribution in [0.1, 0.15) is 49.9 Å². The maximum Gasteiger partial charge on any atom is 0.334 e. The Morgan fingerprint density at radius 2 is 1.82 bits per heavy atom. The molecule has 1 aliphatic heterocycles. The van der Waals surface area contributed by atoms with E-state index in [1.165, 1.54) is 13.0 Å². The Balaban J connectivity index is 1.70. The van der Waals surface area contributed by atoms with Gasteiger partial charge < -0.3 is 5.32 Å². The molecule has 1 N–H and O–H groups in total. The SMILES string of the molecule is CC(=O)c1cccc(NC(=O)CN2C(=O)C(=O)N([C@H]3CCCC[C@H]3C)C2=O)c1. The number of nitrogens with zero attached hydrogens (tertiary/aromatic N) is 2. The predicted molar refractivity (Wildman–Crippen MR) is 100 cm³/mol. The number of amides is 5. The van der Waals surface area contributed by atoms with Gasteiger partial charge in [0.05, 0.1) is 0 Å². The highest BCUT2D eigenvalue weighted by molar-refractivity contribution is 6.45. The lowest BCUT2D eigenvalue weighted by Gasteiger charge is -2.34. The molecule has 2 fully saturated rings. The number of ketones is 1. The number of benzene rings is 1. The van der Waals surface area contributed by atoms with Crippen LogP contribution >= 0.6 is 0 Å². The number of carbonyl (C=O) groups excluding carboxylic acids is 5. The van der Waals surface area contributed by atoms with Crippen LogP contribution in [-0.4, -0.2) is 51.9 Å². The molecule has 0 radical (unpaired) electrons.